The zero-order valence-electron chi connectivity index (χ0n) is 31.2. The Morgan fingerprint density at radius 3 is 0.741 bits per heavy atom. The lowest BCUT2D eigenvalue weighted by molar-refractivity contribution is 0.414. The number of rotatable bonds is 12. The molecule has 7 aromatic carbocycles. The second kappa shape index (κ2) is 16.7. The number of ether oxygens (including phenoxy) is 2. The molecule has 0 radical (unpaired) electrons. The molecule has 0 saturated heterocycles. The summed E-state index contributed by atoms with van der Waals surface area (Å²) in [4.78, 5) is 4.52. The Labute approximate surface area is 319 Å². The van der Waals surface area contributed by atoms with Gasteiger partial charge in [-0.15, -0.1) is 0 Å². The van der Waals surface area contributed by atoms with Gasteiger partial charge in [0.2, 0.25) is 0 Å². The molecule has 7 rings (SSSR count). The van der Waals surface area contributed by atoms with E-state index in [9.17, 15) is 0 Å². The Morgan fingerprint density at radius 1 is 0.296 bits per heavy atom. The van der Waals surface area contributed by atoms with E-state index in [1.54, 1.807) is 14.2 Å². The van der Waals surface area contributed by atoms with Gasteiger partial charge in [-0.25, -0.2) is 0 Å². The first-order valence-electron chi connectivity index (χ1n) is 18.1. The van der Waals surface area contributed by atoms with Crippen molar-refractivity contribution in [1.29, 1.82) is 0 Å². The number of hydrogen-bond acceptors (Lipinski definition) is 4. The summed E-state index contributed by atoms with van der Waals surface area (Å²) in [6.45, 7) is 4.22. The Kier molecular flexibility index (Phi) is 11.0. The average Bonchev–Trinajstić information content (AvgIpc) is 3.23. The minimum absolute atomic E-state index is 0.838. The second-order valence-corrected chi connectivity index (χ2v) is 13.3. The Morgan fingerprint density at radius 2 is 0.500 bits per heavy atom. The lowest BCUT2D eigenvalue weighted by Crippen LogP contribution is -2.09. The molecule has 0 N–H and O–H groups in total. The molecule has 4 heteroatoms. The van der Waals surface area contributed by atoms with Crippen molar-refractivity contribution in [3.8, 4) is 11.5 Å². The summed E-state index contributed by atoms with van der Waals surface area (Å²) >= 11 is 0. The highest BCUT2D eigenvalue weighted by Gasteiger charge is 2.14. The third-order valence-corrected chi connectivity index (χ3v) is 9.42. The second-order valence-electron chi connectivity index (χ2n) is 13.3. The van der Waals surface area contributed by atoms with Crippen LogP contribution in [0.5, 0.6) is 11.5 Å². The number of nitrogens with zero attached hydrogens (tertiary/aromatic N) is 2. The van der Waals surface area contributed by atoms with Gasteiger partial charge in [0.25, 0.3) is 0 Å². The monoisotopic (exact) mass is 704 g/mol. The van der Waals surface area contributed by atoms with Crippen LogP contribution >= 0.6 is 0 Å². The maximum Gasteiger partial charge on any atom is 0.119 e. The quantitative estimate of drug-likeness (QED) is 0.118. The lowest BCUT2D eigenvalue weighted by atomic mass is 10.1. The van der Waals surface area contributed by atoms with Gasteiger partial charge in [0.1, 0.15) is 11.5 Å². The highest BCUT2D eigenvalue weighted by molar-refractivity contribution is 5.80. The molecule has 0 unspecified atom stereocenters. The third kappa shape index (κ3) is 8.63. The zero-order chi connectivity index (χ0) is 37.3. The summed E-state index contributed by atoms with van der Waals surface area (Å²) in [5.74, 6) is 1.68. The van der Waals surface area contributed by atoms with Crippen molar-refractivity contribution in [2.24, 2.45) is 0 Å². The van der Waals surface area contributed by atoms with Gasteiger partial charge in [0, 0.05) is 34.1 Å². The van der Waals surface area contributed by atoms with Crippen LogP contribution in [0.4, 0.5) is 34.1 Å². The number of anilines is 6. The molecule has 266 valence electrons. The van der Waals surface area contributed by atoms with E-state index >= 15 is 0 Å². The van der Waals surface area contributed by atoms with Crippen LogP contribution in [-0.4, -0.2) is 14.2 Å². The van der Waals surface area contributed by atoms with Crippen molar-refractivity contribution >= 4 is 58.4 Å². The summed E-state index contributed by atoms with van der Waals surface area (Å²) in [5.41, 5.74) is 13.6. The molecular weight excluding hydrogens is 661 g/mol. The van der Waals surface area contributed by atoms with Gasteiger partial charge in [-0.05, 0) is 133 Å². The minimum Gasteiger partial charge on any atom is -0.497 e. The first kappa shape index (κ1) is 35.6. The molecule has 0 bridgehead atoms. The van der Waals surface area contributed by atoms with Gasteiger partial charge in [-0.1, -0.05) is 108 Å². The van der Waals surface area contributed by atoms with Gasteiger partial charge in [0.15, 0.2) is 0 Å². The van der Waals surface area contributed by atoms with E-state index in [2.05, 4.69) is 194 Å². The van der Waals surface area contributed by atoms with E-state index in [0.29, 0.717) is 0 Å². The van der Waals surface area contributed by atoms with Crippen LogP contribution in [0.25, 0.3) is 24.3 Å². The third-order valence-electron chi connectivity index (χ3n) is 9.42. The normalized spacial score (nSPS) is 11.2. The van der Waals surface area contributed by atoms with Crippen LogP contribution in [0.3, 0.4) is 0 Å². The van der Waals surface area contributed by atoms with E-state index in [1.165, 1.54) is 11.1 Å². The molecule has 0 aliphatic rings. The molecule has 54 heavy (non-hydrogen) atoms. The number of hydrogen-bond donors (Lipinski definition) is 0. The van der Waals surface area contributed by atoms with Crippen LogP contribution in [0.15, 0.2) is 170 Å². The summed E-state index contributed by atoms with van der Waals surface area (Å²) in [5, 5.41) is 0. The first-order valence-corrected chi connectivity index (χ1v) is 18.1. The topological polar surface area (TPSA) is 24.9 Å². The molecule has 0 aromatic heterocycles. The average molecular weight is 705 g/mol. The lowest BCUT2D eigenvalue weighted by Gasteiger charge is -2.26. The molecule has 7 aromatic rings. The number of benzene rings is 7. The zero-order valence-corrected chi connectivity index (χ0v) is 31.2. The smallest absolute Gasteiger partial charge is 0.119 e. The van der Waals surface area contributed by atoms with Crippen LogP contribution in [0, 0.1) is 13.8 Å². The van der Waals surface area contributed by atoms with Crippen molar-refractivity contribution in [2.75, 3.05) is 24.0 Å². The van der Waals surface area contributed by atoms with E-state index in [0.717, 1.165) is 67.9 Å². The highest BCUT2D eigenvalue weighted by Crippen LogP contribution is 2.37. The summed E-state index contributed by atoms with van der Waals surface area (Å²) in [6, 6.07) is 59.5. The van der Waals surface area contributed by atoms with Crippen LogP contribution in [-0.2, 0) is 0 Å². The molecule has 0 aliphatic carbocycles. The molecule has 0 spiro atoms. The van der Waals surface area contributed by atoms with Crippen molar-refractivity contribution in [2.45, 2.75) is 13.8 Å². The fraction of sp³-hybridized carbons (Fsp3) is 0.0800. The standard InChI is InChI=1S/C50H44N2O2/c1-37-5-21-43(22-6-37)51(47-29-33-49(53-3)34-30-47)45-25-17-41(18-26-45)15-13-39-9-11-40(12-10-39)14-16-42-19-27-46(28-20-42)52(44-23-7-38(2)8-24-44)48-31-35-50(54-4)36-32-48/h5-36H,1-4H3. The maximum absolute atomic E-state index is 5.40. The highest BCUT2D eigenvalue weighted by atomic mass is 16.5. The van der Waals surface area contributed by atoms with E-state index in [1.807, 2.05) is 24.3 Å². The van der Waals surface area contributed by atoms with Crippen LogP contribution < -0.4 is 19.3 Å². The van der Waals surface area contributed by atoms with Crippen LogP contribution in [0.1, 0.15) is 33.4 Å². The molecular formula is C50H44N2O2. The van der Waals surface area contributed by atoms with E-state index < -0.39 is 0 Å². The van der Waals surface area contributed by atoms with Gasteiger partial charge in [-0.2, -0.15) is 0 Å². The Hall–Kier alpha value is -6.78. The minimum atomic E-state index is 0.838. The molecule has 0 fully saturated rings. The van der Waals surface area contributed by atoms with Gasteiger partial charge in [-0.3, -0.25) is 0 Å². The summed E-state index contributed by atoms with van der Waals surface area (Å²) in [6.07, 6.45) is 8.63. The Bertz CT molecular complexity index is 2140. The Balaban J connectivity index is 1.02. The fourth-order valence-corrected chi connectivity index (χ4v) is 6.32. The largest absolute Gasteiger partial charge is 0.497 e. The van der Waals surface area contributed by atoms with Gasteiger partial charge >= 0.3 is 0 Å². The SMILES string of the molecule is COc1ccc(N(c2ccc(C)cc2)c2ccc(C=Cc3ccc(C=Cc4ccc(N(c5ccc(C)cc5)c5ccc(OC)cc5)cc4)cc3)cc2)cc1. The molecule has 0 heterocycles. The molecule has 0 amide bonds. The van der Waals surface area contributed by atoms with E-state index in [4.69, 9.17) is 9.47 Å². The number of aryl methyl sites for hydroxylation is 2. The van der Waals surface area contributed by atoms with Gasteiger partial charge < -0.3 is 19.3 Å². The van der Waals surface area contributed by atoms with Crippen molar-refractivity contribution in [3.05, 3.63) is 203 Å². The van der Waals surface area contributed by atoms with Crippen LogP contribution in [0.2, 0.25) is 0 Å². The first-order chi connectivity index (χ1) is 26.4. The molecule has 0 saturated carbocycles. The van der Waals surface area contributed by atoms with Crippen molar-refractivity contribution in [3.63, 3.8) is 0 Å². The molecule has 0 atom stereocenters. The van der Waals surface area contributed by atoms with Crippen molar-refractivity contribution < 1.29 is 9.47 Å². The molecule has 0 aliphatic heterocycles. The summed E-state index contributed by atoms with van der Waals surface area (Å²) in [7, 11) is 3.38. The predicted molar refractivity (Wildman–Crippen MR) is 229 cm³/mol. The fourth-order valence-electron chi connectivity index (χ4n) is 6.32. The van der Waals surface area contributed by atoms with E-state index in [-0.39, 0.29) is 0 Å². The number of methoxy groups -OCH3 is 2. The maximum atomic E-state index is 5.40. The van der Waals surface area contributed by atoms with Crippen molar-refractivity contribution in [1.82, 2.24) is 0 Å². The van der Waals surface area contributed by atoms with Gasteiger partial charge in [0.05, 0.1) is 14.2 Å². The predicted octanol–water partition coefficient (Wildman–Crippen LogP) is 13.6. The molecule has 4 nitrogen and oxygen atoms in total. The summed E-state index contributed by atoms with van der Waals surface area (Å²) < 4.78 is 10.8.